The Labute approximate surface area is 209 Å². The van der Waals surface area contributed by atoms with Crippen LogP contribution in [0.3, 0.4) is 0 Å². The van der Waals surface area contributed by atoms with Gasteiger partial charge in [-0.2, -0.15) is 0 Å². The molecule has 0 aliphatic carbocycles. The number of anilines is 2. The number of amides is 1. The molecule has 1 saturated heterocycles. The Bertz CT molecular complexity index is 979. The molecule has 0 saturated carbocycles. The fraction of sp³-hybridized carbons (Fsp3) is 0.500. The number of benzene rings is 2. The number of methoxy groups -OCH3 is 1. The van der Waals surface area contributed by atoms with E-state index in [2.05, 4.69) is 28.9 Å². The van der Waals surface area contributed by atoms with E-state index < -0.39 is 0 Å². The highest BCUT2D eigenvalue weighted by Gasteiger charge is 2.26. The lowest BCUT2D eigenvalue weighted by Gasteiger charge is -2.38. The van der Waals surface area contributed by atoms with Crippen LogP contribution >= 0.6 is 12.4 Å². The second-order valence-corrected chi connectivity index (χ2v) is 9.04. The Kier molecular flexibility index (Phi) is 9.05. The number of nitrogen functional groups attached to an aromatic ring is 1. The molecule has 2 N–H and O–H groups in total. The molecule has 34 heavy (non-hydrogen) atoms. The molecule has 1 atom stereocenters. The Morgan fingerprint density at radius 2 is 1.79 bits per heavy atom. The summed E-state index contributed by atoms with van der Waals surface area (Å²) >= 11 is 0. The monoisotopic (exact) mass is 488 g/mol. The molecule has 0 radical (unpaired) electrons. The Balaban J connectivity index is 0.00000324. The molecule has 186 valence electrons. The number of hydrogen-bond donors (Lipinski definition) is 1. The summed E-state index contributed by atoms with van der Waals surface area (Å²) in [6.07, 6.45) is 1.85. The highest BCUT2D eigenvalue weighted by atomic mass is 35.5. The van der Waals surface area contributed by atoms with Gasteiger partial charge in [0.1, 0.15) is 6.61 Å². The SMILES string of the molecule is COc1ccccc1OCCN1CCN(C(C)Cc2cc(N)c3c(c2)CCN3C(C)=O)CC1.Cl. The number of nitrogens with two attached hydrogens (primary N) is 1. The number of para-hydroxylation sites is 2. The third kappa shape index (κ3) is 5.95. The van der Waals surface area contributed by atoms with Crippen LogP contribution in [-0.4, -0.2) is 74.7 Å². The second-order valence-electron chi connectivity index (χ2n) is 9.04. The number of hydrogen-bond acceptors (Lipinski definition) is 6. The fourth-order valence-corrected chi connectivity index (χ4v) is 5.00. The van der Waals surface area contributed by atoms with Crippen LogP contribution in [0.4, 0.5) is 11.4 Å². The first-order chi connectivity index (χ1) is 16.0. The van der Waals surface area contributed by atoms with Crippen LogP contribution in [0.1, 0.15) is 25.0 Å². The van der Waals surface area contributed by atoms with Gasteiger partial charge in [-0.25, -0.2) is 0 Å². The number of carbonyl (C=O) groups excluding carboxylic acids is 1. The van der Waals surface area contributed by atoms with Gasteiger partial charge in [0.2, 0.25) is 5.91 Å². The minimum Gasteiger partial charge on any atom is -0.493 e. The summed E-state index contributed by atoms with van der Waals surface area (Å²) in [6.45, 7) is 10.4. The molecule has 8 heteroatoms. The number of ether oxygens (including phenoxy) is 2. The summed E-state index contributed by atoms with van der Waals surface area (Å²) in [5.74, 6) is 1.64. The van der Waals surface area contributed by atoms with E-state index in [9.17, 15) is 4.79 Å². The predicted molar refractivity (Wildman–Crippen MR) is 140 cm³/mol. The van der Waals surface area contributed by atoms with Crippen molar-refractivity contribution in [2.24, 2.45) is 0 Å². The molecule has 2 aromatic carbocycles. The zero-order valence-corrected chi connectivity index (χ0v) is 21.3. The number of rotatable bonds is 8. The summed E-state index contributed by atoms with van der Waals surface area (Å²) in [5, 5.41) is 0. The van der Waals surface area contributed by atoms with Gasteiger partial charge in [0, 0.05) is 52.2 Å². The van der Waals surface area contributed by atoms with Gasteiger partial charge in [0.15, 0.2) is 11.5 Å². The van der Waals surface area contributed by atoms with Crippen molar-refractivity contribution in [3.63, 3.8) is 0 Å². The van der Waals surface area contributed by atoms with Gasteiger partial charge >= 0.3 is 0 Å². The van der Waals surface area contributed by atoms with E-state index in [0.717, 1.165) is 75.0 Å². The number of halogens is 1. The van der Waals surface area contributed by atoms with Crippen LogP contribution in [0.15, 0.2) is 36.4 Å². The van der Waals surface area contributed by atoms with E-state index in [-0.39, 0.29) is 18.3 Å². The van der Waals surface area contributed by atoms with Crippen molar-refractivity contribution in [3.05, 3.63) is 47.5 Å². The lowest BCUT2D eigenvalue weighted by molar-refractivity contribution is -0.116. The zero-order valence-electron chi connectivity index (χ0n) is 20.5. The highest BCUT2D eigenvalue weighted by molar-refractivity contribution is 5.97. The normalized spacial score (nSPS) is 17.1. The zero-order chi connectivity index (χ0) is 23.4. The van der Waals surface area contributed by atoms with Crippen molar-refractivity contribution in [1.82, 2.24) is 9.80 Å². The minimum atomic E-state index is 0. The van der Waals surface area contributed by atoms with Crippen molar-refractivity contribution in [2.75, 3.05) is 63.6 Å². The molecule has 1 amide bonds. The molecule has 2 heterocycles. The number of fused-ring (bicyclic) bond motifs is 1. The van der Waals surface area contributed by atoms with Crippen molar-refractivity contribution in [2.45, 2.75) is 32.7 Å². The summed E-state index contributed by atoms with van der Waals surface area (Å²) in [4.78, 5) is 18.7. The highest BCUT2D eigenvalue weighted by Crippen LogP contribution is 2.35. The second kappa shape index (κ2) is 11.8. The van der Waals surface area contributed by atoms with Crippen molar-refractivity contribution >= 4 is 29.7 Å². The maximum atomic E-state index is 11.9. The molecule has 2 aliphatic rings. The maximum absolute atomic E-state index is 11.9. The van der Waals surface area contributed by atoms with E-state index in [1.807, 2.05) is 24.3 Å². The number of nitrogens with zero attached hydrogens (tertiary/aromatic N) is 3. The van der Waals surface area contributed by atoms with Gasteiger partial charge in [-0.05, 0) is 49.1 Å². The predicted octanol–water partition coefficient (Wildman–Crippen LogP) is 3.24. The van der Waals surface area contributed by atoms with Crippen molar-refractivity contribution in [1.29, 1.82) is 0 Å². The molecular weight excluding hydrogens is 452 g/mol. The molecule has 2 aliphatic heterocycles. The Hall–Kier alpha value is -2.48. The van der Waals surface area contributed by atoms with Crippen LogP contribution in [0.25, 0.3) is 0 Å². The first kappa shape index (κ1) is 26.1. The average molecular weight is 489 g/mol. The molecule has 0 bridgehead atoms. The van der Waals surface area contributed by atoms with E-state index >= 15 is 0 Å². The molecule has 0 spiro atoms. The smallest absolute Gasteiger partial charge is 0.223 e. The fourth-order valence-electron chi connectivity index (χ4n) is 5.00. The molecular formula is C26H37ClN4O3. The quantitative estimate of drug-likeness (QED) is 0.575. The summed E-state index contributed by atoms with van der Waals surface area (Å²) < 4.78 is 11.3. The summed E-state index contributed by atoms with van der Waals surface area (Å²) in [6, 6.07) is 12.5. The van der Waals surface area contributed by atoms with E-state index in [1.165, 1.54) is 11.1 Å². The lowest BCUT2D eigenvalue weighted by Crippen LogP contribution is -2.50. The molecule has 0 aromatic heterocycles. The molecule has 2 aromatic rings. The standard InChI is InChI=1S/C26H36N4O3.ClH/c1-19(16-21-17-22-8-9-30(20(2)31)26(22)23(27)18-21)29-12-10-28(11-13-29)14-15-33-25-7-5-4-6-24(25)32-3;/h4-7,17-19H,8-16,27H2,1-3H3;1H. The van der Waals surface area contributed by atoms with Gasteiger partial charge in [-0.3, -0.25) is 14.6 Å². The first-order valence-electron chi connectivity index (χ1n) is 11.9. The third-order valence-electron chi connectivity index (χ3n) is 6.83. The average Bonchev–Trinajstić information content (AvgIpc) is 3.25. The Morgan fingerprint density at radius 3 is 2.47 bits per heavy atom. The van der Waals surface area contributed by atoms with Crippen LogP contribution in [0.2, 0.25) is 0 Å². The molecule has 4 rings (SSSR count). The topological polar surface area (TPSA) is 71.3 Å². The van der Waals surface area contributed by atoms with E-state index in [1.54, 1.807) is 18.9 Å². The van der Waals surface area contributed by atoms with Crippen LogP contribution in [0, 0.1) is 0 Å². The third-order valence-corrected chi connectivity index (χ3v) is 6.83. The lowest BCUT2D eigenvalue weighted by atomic mass is 10.00. The maximum Gasteiger partial charge on any atom is 0.223 e. The Morgan fingerprint density at radius 1 is 1.09 bits per heavy atom. The van der Waals surface area contributed by atoms with E-state index in [4.69, 9.17) is 15.2 Å². The summed E-state index contributed by atoms with van der Waals surface area (Å²) in [7, 11) is 1.67. The number of piperazine rings is 1. The van der Waals surface area contributed by atoms with Crippen LogP contribution in [0.5, 0.6) is 11.5 Å². The van der Waals surface area contributed by atoms with Crippen LogP contribution in [-0.2, 0) is 17.6 Å². The van der Waals surface area contributed by atoms with E-state index in [0.29, 0.717) is 12.6 Å². The number of carbonyl (C=O) groups is 1. The van der Waals surface area contributed by atoms with Gasteiger partial charge < -0.3 is 20.1 Å². The molecule has 1 unspecified atom stereocenters. The first-order valence-corrected chi connectivity index (χ1v) is 11.9. The van der Waals surface area contributed by atoms with Crippen LogP contribution < -0.4 is 20.1 Å². The summed E-state index contributed by atoms with van der Waals surface area (Å²) in [5.41, 5.74) is 10.5. The minimum absolute atomic E-state index is 0. The van der Waals surface area contributed by atoms with Crippen molar-refractivity contribution in [3.8, 4) is 11.5 Å². The van der Waals surface area contributed by atoms with Gasteiger partial charge in [-0.1, -0.05) is 18.2 Å². The molecule has 1 fully saturated rings. The van der Waals surface area contributed by atoms with Gasteiger partial charge in [0.05, 0.1) is 18.5 Å². The van der Waals surface area contributed by atoms with Crippen molar-refractivity contribution < 1.29 is 14.3 Å². The largest absolute Gasteiger partial charge is 0.493 e. The molecule has 7 nitrogen and oxygen atoms in total. The van der Waals surface area contributed by atoms with Gasteiger partial charge in [0.25, 0.3) is 0 Å². The van der Waals surface area contributed by atoms with Gasteiger partial charge in [-0.15, -0.1) is 12.4 Å².